The lowest BCUT2D eigenvalue weighted by Gasteiger charge is -2.08. The molecule has 1 heterocycles. The Balaban J connectivity index is 1.89. The van der Waals surface area contributed by atoms with Gasteiger partial charge in [-0.2, -0.15) is 0 Å². The van der Waals surface area contributed by atoms with Gasteiger partial charge in [-0.25, -0.2) is 0 Å². The van der Waals surface area contributed by atoms with E-state index in [0.29, 0.717) is 10.6 Å². The highest BCUT2D eigenvalue weighted by Crippen LogP contribution is 2.26. The number of aryl methyl sites for hydroxylation is 2. The minimum absolute atomic E-state index is 0.190. The van der Waals surface area contributed by atoms with Gasteiger partial charge in [-0.1, -0.05) is 50.2 Å². The van der Waals surface area contributed by atoms with Crippen LogP contribution in [0.25, 0.3) is 11.3 Å². The Morgan fingerprint density at radius 1 is 1.13 bits per heavy atom. The largest absolute Gasteiger partial charge is 0.321 e. The molecule has 6 heteroatoms. The molecule has 1 amide bonds. The van der Waals surface area contributed by atoms with E-state index in [4.69, 9.17) is 0 Å². The third-order valence-corrected chi connectivity index (χ3v) is 4.70. The smallest absolute Gasteiger partial charge is 0.269 e. The summed E-state index contributed by atoms with van der Waals surface area (Å²) in [7, 11) is 0. The molecule has 116 valence electrons. The van der Waals surface area contributed by atoms with Crippen molar-refractivity contribution in [1.29, 1.82) is 0 Å². The van der Waals surface area contributed by atoms with Crippen LogP contribution in [-0.4, -0.2) is 15.5 Å². The van der Waals surface area contributed by atoms with Gasteiger partial charge in [-0.15, -0.1) is 5.10 Å². The fourth-order valence-corrected chi connectivity index (χ4v) is 3.12. The summed E-state index contributed by atoms with van der Waals surface area (Å²) in [5.74, 6) is -0.190. The Kier molecular flexibility index (Phi) is 4.54. The molecular weight excluding hydrogens is 374 g/mol. The first kappa shape index (κ1) is 15.8. The number of anilines is 1. The van der Waals surface area contributed by atoms with E-state index in [-0.39, 0.29) is 5.91 Å². The van der Waals surface area contributed by atoms with Crippen molar-refractivity contribution in [2.75, 3.05) is 5.32 Å². The second-order valence-corrected chi connectivity index (χ2v) is 6.90. The van der Waals surface area contributed by atoms with Gasteiger partial charge >= 0.3 is 0 Å². The molecule has 3 rings (SSSR count). The fraction of sp³-hybridized carbons (Fsp3) is 0.118. The summed E-state index contributed by atoms with van der Waals surface area (Å²) >= 11 is 4.50. The molecule has 1 aromatic heterocycles. The standard InChI is InChI=1S/C17H14BrN3OS/c1-10-3-8-14(11(2)9-10)19-17(22)16-15(20-21-23-16)12-4-6-13(18)7-5-12/h3-9H,1-2H3,(H,19,22). The molecule has 0 saturated heterocycles. The number of benzene rings is 2. The van der Waals surface area contributed by atoms with Crippen LogP contribution in [0.3, 0.4) is 0 Å². The van der Waals surface area contributed by atoms with Gasteiger partial charge in [0.05, 0.1) is 0 Å². The van der Waals surface area contributed by atoms with Crippen LogP contribution in [0.15, 0.2) is 46.9 Å². The van der Waals surface area contributed by atoms with Gasteiger partial charge in [-0.05, 0) is 49.1 Å². The van der Waals surface area contributed by atoms with E-state index in [2.05, 4.69) is 30.8 Å². The number of rotatable bonds is 3. The molecular formula is C17H14BrN3OS. The number of carbonyl (C=O) groups is 1. The maximum absolute atomic E-state index is 12.6. The van der Waals surface area contributed by atoms with Gasteiger partial charge in [0.1, 0.15) is 10.6 Å². The zero-order valence-corrected chi connectivity index (χ0v) is 15.0. The summed E-state index contributed by atoms with van der Waals surface area (Å²) in [6, 6.07) is 13.6. The Morgan fingerprint density at radius 3 is 2.57 bits per heavy atom. The average molecular weight is 388 g/mol. The maximum Gasteiger partial charge on any atom is 0.269 e. The number of nitrogens with zero attached hydrogens (tertiary/aromatic N) is 2. The first-order valence-electron chi connectivity index (χ1n) is 7.01. The Morgan fingerprint density at radius 2 is 1.87 bits per heavy atom. The monoisotopic (exact) mass is 387 g/mol. The predicted molar refractivity (Wildman–Crippen MR) is 96.9 cm³/mol. The van der Waals surface area contributed by atoms with Crippen LogP contribution in [0.2, 0.25) is 0 Å². The summed E-state index contributed by atoms with van der Waals surface area (Å²) in [6.07, 6.45) is 0. The Bertz CT molecular complexity index is 859. The summed E-state index contributed by atoms with van der Waals surface area (Å²) in [5, 5.41) is 7.05. The minimum atomic E-state index is -0.190. The molecule has 0 atom stereocenters. The zero-order valence-electron chi connectivity index (χ0n) is 12.6. The van der Waals surface area contributed by atoms with Crippen LogP contribution in [0.5, 0.6) is 0 Å². The van der Waals surface area contributed by atoms with Crippen LogP contribution in [0.4, 0.5) is 5.69 Å². The summed E-state index contributed by atoms with van der Waals surface area (Å²) in [6.45, 7) is 4.00. The number of carbonyl (C=O) groups excluding carboxylic acids is 1. The highest BCUT2D eigenvalue weighted by Gasteiger charge is 2.18. The third kappa shape index (κ3) is 3.48. The van der Waals surface area contributed by atoms with Crippen LogP contribution in [0.1, 0.15) is 20.8 Å². The molecule has 0 aliphatic rings. The van der Waals surface area contributed by atoms with Gasteiger partial charge in [0, 0.05) is 15.7 Å². The third-order valence-electron chi connectivity index (χ3n) is 3.44. The lowest BCUT2D eigenvalue weighted by molar-refractivity contribution is 0.103. The summed E-state index contributed by atoms with van der Waals surface area (Å²) in [4.78, 5) is 13.1. The molecule has 0 radical (unpaired) electrons. The number of aromatic nitrogens is 2. The highest BCUT2D eigenvalue weighted by atomic mass is 79.9. The molecule has 2 aromatic carbocycles. The van der Waals surface area contributed by atoms with Crippen LogP contribution in [-0.2, 0) is 0 Å². The van der Waals surface area contributed by atoms with E-state index in [0.717, 1.165) is 38.4 Å². The maximum atomic E-state index is 12.6. The Hall–Kier alpha value is -2.05. The molecule has 0 aliphatic heterocycles. The molecule has 0 aliphatic carbocycles. The molecule has 3 aromatic rings. The van der Waals surface area contributed by atoms with E-state index < -0.39 is 0 Å². The summed E-state index contributed by atoms with van der Waals surface area (Å²) in [5.41, 5.74) is 4.46. The van der Waals surface area contributed by atoms with Gasteiger partial charge in [0.2, 0.25) is 0 Å². The van der Waals surface area contributed by atoms with Crippen molar-refractivity contribution < 1.29 is 4.79 Å². The average Bonchev–Trinajstić information content (AvgIpc) is 3.00. The molecule has 0 fully saturated rings. The van der Waals surface area contributed by atoms with Crippen LogP contribution in [0, 0.1) is 13.8 Å². The SMILES string of the molecule is Cc1ccc(NC(=O)c2snnc2-c2ccc(Br)cc2)c(C)c1. The molecule has 23 heavy (non-hydrogen) atoms. The van der Waals surface area contributed by atoms with Crippen molar-refractivity contribution in [3.05, 3.63) is 62.9 Å². The number of hydrogen-bond acceptors (Lipinski definition) is 4. The lowest BCUT2D eigenvalue weighted by Crippen LogP contribution is -2.12. The van der Waals surface area contributed by atoms with E-state index in [1.807, 2.05) is 56.3 Å². The van der Waals surface area contributed by atoms with Crippen molar-refractivity contribution in [2.24, 2.45) is 0 Å². The molecule has 0 unspecified atom stereocenters. The topological polar surface area (TPSA) is 54.9 Å². The first-order valence-corrected chi connectivity index (χ1v) is 8.58. The van der Waals surface area contributed by atoms with Crippen molar-refractivity contribution in [2.45, 2.75) is 13.8 Å². The van der Waals surface area contributed by atoms with Gasteiger partial charge in [0.15, 0.2) is 0 Å². The number of nitrogens with one attached hydrogen (secondary N) is 1. The van der Waals surface area contributed by atoms with E-state index in [1.54, 1.807) is 0 Å². The summed E-state index contributed by atoms with van der Waals surface area (Å²) < 4.78 is 4.92. The second-order valence-electron chi connectivity index (χ2n) is 5.23. The van der Waals surface area contributed by atoms with Crippen LogP contribution >= 0.6 is 27.5 Å². The molecule has 0 saturated carbocycles. The van der Waals surface area contributed by atoms with E-state index in [1.165, 1.54) is 0 Å². The molecule has 0 spiro atoms. The van der Waals surface area contributed by atoms with Gasteiger partial charge in [0.25, 0.3) is 5.91 Å². The molecule has 0 bridgehead atoms. The van der Waals surface area contributed by atoms with Crippen LogP contribution < -0.4 is 5.32 Å². The van der Waals surface area contributed by atoms with Crippen molar-refractivity contribution in [1.82, 2.24) is 9.59 Å². The number of hydrogen-bond donors (Lipinski definition) is 1. The quantitative estimate of drug-likeness (QED) is 0.699. The normalized spacial score (nSPS) is 10.6. The number of halogens is 1. The molecule has 1 N–H and O–H groups in total. The van der Waals surface area contributed by atoms with Gasteiger partial charge in [-0.3, -0.25) is 4.79 Å². The van der Waals surface area contributed by atoms with Crippen molar-refractivity contribution in [3.63, 3.8) is 0 Å². The highest BCUT2D eigenvalue weighted by molar-refractivity contribution is 9.10. The zero-order chi connectivity index (χ0) is 16.4. The number of amides is 1. The predicted octanol–water partition coefficient (Wildman–Crippen LogP) is 4.84. The Labute approximate surface area is 146 Å². The van der Waals surface area contributed by atoms with Crippen molar-refractivity contribution >= 4 is 39.1 Å². The fourth-order valence-electron chi connectivity index (χ4n) is 2.27. The lowest BCUT2D eigenvalue weighted by atomic mass is 10.1. The van der Waals surface area contributed by atoms with E-state index >= 15 is 0 Å². The molecule has 4 nitrogen and oxygen atoms in total. The van der Waals surface area contributed by atoms with E-state index in [9.17, 15) is 4.79 Å². The van der Waals surface area contributed by atoms with Gasteiger partial charge < -0.3 is 5.32 Å². The van der Waals surface area contributed by atoms with Crippen molar-refractivity contribution in [3.8, 4) is 11.3 Å². The first-order chi connectivity index (χ1) is 11.0. The second kappa shape index (κ2) is 6.60. The minimum Gasteiger partial charge on any atom is -0.321 e.